The smallest absolute Gasteiger partial charge is 0.0738 e. The predicted molar refractivity (Wildman–Crippen MR) is 81.5 cm³/mol. The van der Waals surface area contributed by atoms with Gasteiger partial charge in [-0.3, -0.25) is 0 Å². The summed E-state index contributed by atoms with van der Waals surface area (Å²) in [5, 5.41) is 5.06. The number of benzene rings is 1. The van der Waals surface area contributed by atoms with Crippen molar-refractivity contribution in [1.82, 2.24) is 5.32 Å². The molecule has 18 heavy (non-hydrogen) atoms. The Labute approximate surface area is 112 Å². The van der Waals surface area contributed by atoms with Crippen molar-refractivity contribution in [2.24, 2.45) is 0 Å². The van der Waals surface area contributed by atoms with Crippen LogP contribution in [-0.4, -0.2) is 28.3 Å². The summed E-state index contributed by atoms with van der Waals surface area (Å²) in [5.74, 6) is 0. The Kier molecular flexibility index (Phi) is 6.33. The van der Waals surface area contributed by atoms with Crippen LogP contribution >= 0.6 is 0 Å². The largest absolute Gasteiger partial charge is 0.381 e. The highest BCUT2D eigenvalue weighted by atomic mass is 28.3. The molecule has 0 amide bonds. The lowest BCUT2D eigenvalue weighted by Crippen LogP contribution is -2.32. The molecule has 0 saturated heterocycles. The van der Waals surface area contributed by atoms with Crippen LogP contribution in [-0.2, 0) is 11.3 Å². The van der Waals surface area contributed by atoms with E-state index in [9.17, 15) is 0 Å². The van der Waals surface area contributed by atoms with Gasteiger partial charge in [-0.05, 0) is 5.56 Å². The lowest BCUT2D eigenvalue weighted by atomic mass is 10.2. The number of rotatable bonds is 7. The summed E-state index contributed by atoms with van der Waals surface area (Å²) >= 11 is 0. The van der Waals surface area contributed by atoms with E-state index in [1.807, 2.05) is 0 Å². The molecule has 0 aliphatic carbocycles. The van der Waals surface area contributed by atoms with Crippen LogP contribution < -0.4 is 5.32 Å². The van der Waals surface area contributed by atoms with Gasteiger partial charge in [0.2, 0.25) is 0 Å². The van der Waals surface area contributed by atoms with E-state index in [-0.39, 0.29) is 0 Å². The summed E-state index contributed by atoms with van der Waals surface area (Å²) in [4.78, 5) is 0. The topological polar surface area (TPSA) is 21.3 Å². The summed E-state index contributed by atoms with van der Waals surface area (Å²) in [7, 11) is 0.502. The van der Waals surface area contributed by atoms with E-state index in [1.165, 1.54) is 10.8 Å². The minimum absolute atomic E-state index is 0.715. The average Bonchev–Trinajstić information content (AvgIpc) is 2.33. The van der Waals surface area contributed by atoms with Gasteiger partial charge in [0.15, 0.2) is 0 Å². The fraction of sp³-hybridized carbons (Fsp3) is 0.467. The van der Waals surface area contributed by atoms with Crippen molar-refractivity contribution in [3.8, 4) is 0 Å². The van der Waals surface area contributed by atoms with E-state index < -0.39 is 8.07 Å². The maximum absolute atomic E-state index is 5.15. The second-order valence-electron chi connectivity index (χ2n) is 5.52. The highest BCUT2D eigenvalue weighted by Gasteiger charge is 2.18. The third kappa shape index (κ3) is 5.62. The van der Waals surface area contributed by atoms with Gasteiger partial charge in [-0.25, -0.2) is 0 Å². The van der Waals surface area contributed by atoms with Crippen molar-refractivity contribution < 1.29 is 4.74 Å². The predicted octanol–water partition coefficient (Wildman–Crippen LogP) is 3.23. The molecule has 0 saturated carbocycles. The normalized spacial score (nSPS) is 12.8. The van der Waals surface area contributed by atoms with Crippen LogP contribution in [0, 0.1) is 0 Å². The standard InChI is InChI=1S/C15H25NOSi/c1-17-11-10-15(18(2,3)4)13-16-12-14-8-6-5-7-9-14/h5-10,16H,11-13H2,1-4H3/b15-10-. The van der Waals surface area contributed by atoms with Crippen LogP contribution in [0.3, 0.4) is 0 Å². The van der Waals surface area contributed by atoms with E-state index in [1.54, 1.807) is 7.11 Å². The van der Waals surface area contributed by atoms with Crippen LogP contribution in [0.15, 0.2) is 41.6 Å². The fourth-order valence-corrected chi connectivity index (χ4v) is 3.12. The van der Waals surface area contributed by atoms with Gasteiger partial charge in [0.25, 0.3) is 0 Å². The Bertz CT molecular complexity index is 368. The third-order valence-corrected chi connectivity index (χ3v) is 5.25. The van der Waals surface area contributed by atoms with Gasteiger partial charge in [-0.2, -0.15) is 0 Å². The van der Waals surface area contributed by atoms with Gasteiger partial charge in [0.05, 0.1) is 14.7 Å². The molecule has 0 spiro atoms. The van der Waals surface area contributed by atoms with E-state index in [0.717, 1.165) is 13.1 Å². The van der Waals surface area contributed by atoms with Crippen LogP contribution in [0.1, 0.15) is 5.56 Å². The Morgan fingerprint density at radius 1 is 1.22 bits per heavy atom. The molecule has 0 bridgehead atoms. The summed E-state index contributed by atoms with van der Waals surface area (Å²) < 4.78 is 5.15. The Morgan fingerprint density at radius 3 is 2.44 bits per heavy atom. The van der Waals surface area contributed by atoms with Crippen molar-refractivity contribution in [2.45, 2.75) is 26.2 Å². The maximum Gasteiger partial charge on any atom is 0.0738 e. The zero-order chi connectivity index (χ0) is 13.4. The molecule has 0 aliphatic heterocycles. The zero-order valence-corrected chi connectivity index (χ0v) is 13.0. The van der Waals surface area contributed by atoms with Gasteiger partial charge in [-0.1, -0.05) is 61.2 Å². The molecule has 1 aromatic rings. The Hall–Kier alpha value is -0.903. The van der Waals surface area contributed by atoms with Crippen LogP contribution in [0.4, 0.5) is 0 Å². The fourth-order valence-electron chi connectivity index (χ4n) is 1.76. The van der Waals surface area contributed by atoms with Gasteiger partial charge in [0, 0.05) is 20.2 Å². The van der Waals surface area contributed by atoms with Gasteiger partial charge in [-0.15, -0.1) is 0 Å². The molecule has 0 fully saturated rings. The molecule has 0 radical (unpaired) electrons. The minimum Gasteiger partial charge on any atom is -0.381 e. The molecule has 0 aliphatic rings. The SMILES string of the molecule is COC/C=C(/CNCc1ccccc1)[Si](C)(C)C. The molecular formula is C15H25NOSi. The molecule has 0 atom stereocenters. The summed E-state index contributed by atoms with van der Waals surface area (Å²) in [6.45, 7) is 9.73. The van der Waals surface area contributed by atoms with Crippen molar-refractivity contribution in [3.63, 3.8) is 0 Å². The number of hydrogen-bond donors (Lipinski definition) is 1. The molecular weight excluding hydrogens is 238 g/mol. The first-order chi connectivity index (χ1) is 8.54. The third-order valence-electron chi connectivity index (χ3n) is 2.95. The van der Waals surface area contributed by atoms with Crippen LogP contribution in [0.25, 0.3) is 0 Å². The molecule has 100 valence electrons. The number of hydrogen-bond acceptors (Lipinski definition) is 2. The Morgan fingerprint density at radius 2 is 1.89 bits per heavy atom. The Balaban J connectivity index is 2.48. The summed E-state index contributed by atoms with van der Waals surface area (Å²) in [6, 6.07) is 10.5. The van der Waals surface area contributed by atoms with Crippen molar-refractivity contribution >= 4 is 8.07 Å². The molecule has 1 N–H and O–H groups in total. The highest BCUT2D eigenvalue weighted by Crippen LogP contribution is 2.13. The molecule has 0 aromatic heterocycles. The summed E-state index contributed by atoms with van der Waals surface area (Å²) in [6.07, 6.45) is 2.24. The molecule has 1 aromatic carbocycles. The van der Waals surface area contributed by atoms with Gasteiger partial charge < -0.3 is 10.1 Å². The summed E-state index contributed by atoms with van der Waals surface area (Å²) in [5.41, 5.74) is 1.33. The van der Waals surface area contributed by atoms with Gasteiger partial charge in [0.1, 0.15) is 0 Å². The maximum atomic E-state index is 5.15. The van der Waals surface area contributed by atoms with Crippen molar-refractivity contribution in [3.05, 3.63) is 47.2 Å². The quantitative estimate of drug-likeness (QED) is 0.763. The second kappa shape index (κ2) is 7.51. The first-order valence-corrected chi connectivity index (χ1v) is 9.97. The van der Waals surface area contributed by atoms with Crippen molar-refractivity contribution in [2.75, 3.05) is 20.3 Å². The monoisotopic (exact) mass is 263 g/mol. The molecule has 2 nitrogen and oxygen atoms in total. The van der Waals surface area contributed by atoms with Gasteiger partial charge >= 0.3 is 0 Å². The first-order valence-electron chi connectivity index (χ1n) is 6.47. The molecule has 0 unspecified atom stereocenters. The first kappa shape index (κ1) is 15.2. The molecule has 0 heterocycles. The number of methoxy groups -OCH3 is 1. The van der Waals surface area contributed by atoms with Crippen LogP contribution in [0.5, 0.6) is 0 Å². The van der Waals surface area contributed by atoms with Crippen molar-refractivity contribution in [1.29, 1.82) is 0 Å². The van der Waals surface area contributed by atoms with E-state index in [0.29, 0.717) is 6.61 Å². The average molecular weight is 263 g/mol. The molecule has 1 rings (SSSR count). The lowest BCUT2D eigenvalue weighted by Gasteiger charge is -2.21. The van der Waals surface area contributed by atoms with E-state index in [2.05, 4.69) is 61.4 Å². The van der Waals surface area contributed by atoms with E-state index >= 15 is 0 Å². The van der Waals surface area contributed by atoms with Crippen LogP contribution in [0.2, 0.25) is 19.6 Å². The van der Waals surface area contributed by atoms with E-state index in [4.69, 9.17) is 4.74 Å². The lowest BCUT2D eigenvalue weighted by molar-refractivity contribution is 0.233. The number of nitrogens with one attached hydrogen (secondary N) is 1. The highest BCUT2D eigenvalue weighted by molar-refractivity contribution is 6.83. The minimum atomic E-state index is -1.24. The second-order valence-corrected chi connectivity index (χ2v) is 10.7. The molecule has 3 heteroatoms. The zero-order valence-electron chi connectivity index (χ0n) is 12.0. The number of ether oxygens (including phenoxy) is 1.